The van der Waals surface area contributed by atoms with Crippen molar-refractivity contribution in [2.24, 2.45) is 5.92 Å². The Morgan fingerprint density at radius 1 is 1.40 bits per heavy atom. The number of carbonyl (C=O) groups excluding carboxylic acids is 1. The van der Waals surface area contributed by atoms with Gasteiger partial charge >= 0.3 is 0 Å². The summed E-state index contributed by atoms with van der Waals surface area (Å²) >= 11 is 5.96. The average molecular weight is 225 g/mol. The molecule has 0 fully saturated rings. The second-order valence-electron chi connectivity index (χ2n) is 4.00. The molecule has 1 nitrogen and oxygen atoms in total. The predicted octanol–water partition coefficient (Wildman–Crippen LogP) is 4.35. The van der Waals surface area contributed by atoms with Gasteiger partial charge in [-0.25, -0.2) is 0 Å². The van der Waals surface area contributed by atoms with Crippen molar-refractivity contribution >= 4 is 17.4 Å². The van der Waals surface area contributed by atoms with Gasteiger partial charge in [0.15, 0.2) is 5.78 Å². The molecule has 0 aliphatic heterocycles. The molecule has 0 saturated heterocycles. The van der Waals surface area contributed by atoms with Crippen LogP contribution >= 0.6 is 11.6 Å². The maximum absolute atomic E-state index is 11.9. The van der Waals surface area contributed by atoms with Crippen LogP contribution in [0.5, 0.6) is 0 Å². The minimum absolute atomic E-state index is 0.154. The summed E-state index contributed by atoms with van der Waals surface area (Å²) in [7, 11) is 0. The Balaban J connectivity index is 2.65. The van der Waals surface area contributed by atoms with Crippen molar-refractivity contribution in [2.75, 3.05) is 0 Å². The quantitative estimate of drug-likeness (QED) is 0.680. The van der Waals surface area contributed by atoms with Crippen molar-refractivity contribution in [3.63, 3.8) is 0 Å². The van der Waals surface area contributed by atoms with Crippen LogP contribution in [0.4, 0.5) is 0 Å². The van der Waals surface area contributed by atoms with E-state index < -0.39 is 0 Å². The highest BCUT2D eigenvalue weighted by Gasteiger charge is 2.12. The van der Waals surface area contributed by atoms with E-state index in [2.05, 4.69) is 13.8 Å². The van der Waals surface area contributed by atoms with Crippen LogP contribution in [0.25, 0.3) is 0 Å². The van der Waals surface area contributed by atoms with Gasteiger partial charge < -0.3 is 0 Å². The summed E-state index contributed by atoms with van der Waals surface area (Å²) in [4.78, 5) is 11.9. The molecule has 15 heavy (non-hydrogen) atoms. The third kappa shape index (κ3) is 3.67. The molecule has 1 aromatic rings. The Bertz CT molecular complexity index is 333. The van der Waals surface area contributed by atoms with Crippen LogP contribution in [0.1, 0.15) is 43.5 Å². The standard InChI is InChI=1S/C13H17ClO/c1-3-6-10(2)9-13(15)11-7-4-5-8-12(11)14/h4-5,7-8,10H,3,6,9H2,1-2H3. The molecule has 0 N–H and O–H groups in total. The van der Waals surface area contributed by atoms with Crippen LogP contribution < -0.4 is 0 Å². The van der Waals surface area contributed by atoms with Crippen molar-refractivity contribution in [2.45, 2.75) is 33.1 Å². The summed E-state index contributed by atoms with van der Waals surface area (Å²) in [6.07, 6.45) is 2.81. The summed E-state index contributed by atoms with van der Waals surface area (Å²) < 4.78 is 0. The Kier molecular flexibility index (Phi) is 4.83. The lowest BCUT2D eigenvalue weighted by Crippen LogP contribution is -2.06. The minimum Gasteiger partial charge on any atom is -0.294 e. The molecule has 1 atom stereocenters. The SMILES string of the molecule is CCCC(C)CC(=O)c1ccccc1Cl. The Labute approximate surface area is 96.5 Å². The van der Waals surface area contributed by atoms with Crippen molar-refractivity contribution in [3.8, 4) is 0 Å². The number of Topliss-reactive ketones (excluding diaryl/α,β-unsaturated/α-hetero) is 1. The van der Waals surface area contributed by atoms with Crippen LogP contribution in [0, 0.1) is 5.92 Å². The molecule has 1 aromatic carbocycles. The highest BCUT2D eigenvalue weighted by Crippen LogP contribution is 2.20. The molecular weight excluding hydrogens is 208 g/mol. The largest absolute Gasteiger partial charge is 0.294 e. The third-order valence-electron chi connectivity index (χ3n) is 2.49. The summed E-state index contributed by atoms with van der Waals surface area (Å²) in [5.74, 6) is 0.598. The zero-order chi connectivity index (χ0) is 11.3. The summed E-state index contributed by atoms with van der Waals surface area (Å²) in [5.41, 5.74) is 0.655. The molecule has 1 unspecified atom stereocenters. The first kappa shape index (κ1) is 12.3. The number of rotatable bonds is 5. The third-order valence-corrected chi connectivity index (χ3v) is 2.82. The molecule has 1 rings (SSSR count). The number of ketones is 1. The number of carbonyl (C=O) groups is 1. The van der Waals surface area contributed by atoms with Gasteiger partial charge in [-0.2, -0.15) is 0 Å². The van der Waals surface area contributed by atoms with Gasteiger partial charge in [-0.1, -0.05) is 50.4 Å². The molecule has 0 spiro atoms. The maximum atomic E-state index is 11.9. The lowest BCUT2D eigenvalue weighted by molar-refractivity contribution is 0.0963. The molecule has 0 aliphatic rings. The molecule has 0 saturated carbocycles. The normalized spacial score (nSPS) is 12.5. The lowest BCUT2D eigenvalue weighted by atomic mass is 9.96. The van der Waals surface area contributed by atoms with Gasteiger partial charge in [-0.15, -0.1) is 0 Å². The van der Waals surface area contributed by atoms with E-state index in [9.17, 15) is 4.79 Å². The highest BCUT2D eigenvalue weighted by atomic mass is 35.5. The molecule has 0 heterocycles. The van der Waals surface area contributed by atoms with Gasteiger partial charge in [0.05, 0.1) is 5.02 Å². The zero-order valence-electron chi connectivity index (χ0n) is 9.29. The number of benzene rings is 1. The van der Waals surface area contributed by atoms with Gasteiger partial charge in [0.1, 0.15) is 0 Å². The fourth-order valence-electron chi connectivity index (χ4n) is 1.71. The molecule has 0 aromatic heterocycles. The first-order valence-corrected chi connectivity index (χ1v) is 5.80. The summed E-state index contributed by atoms with van der Waals surface area (Å²) in [6.45, 7) is 4.24. The average Bonchev–Trinajstić information content (AvgIpc) is 2.18. The smallest absolute Gasteiger partial charge is 0.164 e. The first-order valence-electron chi connectivity index (χ1n) is 5.42. The van der Waals surface area contributed by atoms with E-state index in [1.807, 2.05) is 12.1 Å². The van der Waals surface area contributed by atoms with Crippen molar-refractivity contribution in [1.29, 1.82) is 0 Å². The number of hydrogen-bond acceptors (Lipinski definition) is 1. The van der Waals surface area contributed by atoms with Crippen LogP contribution in [-0.4, -0.2) is 5.78 Å². The van der Waals surface area contributed by atoms with Crippen LogP contribution in [-0.2, 0) is 0 Å². The highest BCUT2D eigenvalue weighted by molar-refractivity contribution is 6.33. The molecule has 2 heteroatoms. The van der Waals surface area contributed by atoms with Crippen molar-refractivity contribution < 1.29 is 4.79 Å². The van der Waals surface area contributed by atoms with Gasteiger partial charge in [0.2, 0.25) is 0 Å². The van der Waals surface area contributed by atoms with E-state index in [1.165, 1.54) is 0 Å². The first-order chi connectivity index (χ1) is 7.15. The van der Waals surface area contributed by atoms with E-state index in [-0.39, 0.29) is 5.78 Å². The second-order valence-corrected chi connectivity index (χ2v) is 4.41. The van der Waals surface area contributed by atoms with Crippen LogP contribution in [0.2, 0.25) is 5.02 Å². The molecule has 0 radical (unpaired) electrons. The Hall–Kier alpha value is -0.820. The molecule has 82 valence electrons. The van der Waals surface area contributed by atoms with Gasteiger partial charge in [0.25, 0.3) is 0 Å². The summed E-state index contributed by atoms with van der Waals surface area (Å²) in [6, 6.07) is 7.25. The van der Waals surface area contributed by atoms with Crippen molar-refractivity contribution in [3.05, 3.63) is 34.9 Å². The van der Waals surface area contributed by atoms with Gasteiger partial charge in [0, 0.05) is 12.0 Å². The Morgan fingerprint density at radius 2 is 2.07 bits per heavy atom. The van der Waals surface area contributed by atoms with E-state index in [4.69, 9.17) is 11.6 Å². The molecular formula is C13H17ClO. The van der Waals surface area contributed by atoms with Gasteiger partial charge in [-0.05, 0) is 18.1 Å². The van der Waals surface area contributed by atoms with E-state index in [0.717, 1.165) is 12.8 Å². The lowest BCUT2D eigenvalue weighted by Gasteiger charge is -2.09. The number of halogens is 1. The minimum atomic E-state index is 0.154. The molecule has 0 bridgehead atoms. The maximum Gasteiger partial charge on any atom is 0.164 e. The van der Waals surface area contributed by atoms with Crippen LogP contribution in [0.15, 0.2) is 24.3 Å². The van der Waals surface area contributed by atoms with Gasteiger partial charge in [-0.3, -0.25) is 4.79 Å². The van der Waals surface area contributed by atoms with Crippen LogP contribution in [0.3, 0.4) is 0 Å². The topological polar surface area (TPSA) is 17.1 Å². The Morgan fingerprint density at radius 3 is 2.67 bits per heavy atom. The number of hydrogen-bond donors (Lipinski definition) is 0. The fraction of sp³-hybridized carbons (Fsp3) is 0.462. The zero-order valence-corrected chi connectivity index (χ0v) is 10.1. The second kappa shape index (κ2) is 5.92. The van der Waals surface area contributed by atoms with E-state index in [0.29, 0.717) is 22.9 Å². The fourth-order valence-corrected chi connectivity index (χ4v) is 1.95. The molecule has 0 aliphatic carbocycles. The van der Waals surface area contributed by atoms with Crippen molar-refractivity contribution in [1.82, 2.24) is 0 Å². The molecule has 0 amide bonds. The summed E-state index contributed by atoms with van der Waals surface area (Å²) in [5, 5.41) is 0.561. The van der Waals surface area contributed by atoms with E-state index in [1.54, 1.807) is 12.1 Å². The predicted molar refractivity (Wildman–Crippen MR) is 64.5 cm³/mol. The monoisotopic (exact) mass is 224 g/mol. The van der Waals surface area contributed by atoms with E-state index >= 15 is 0 Å².